The first-order valence-electron chi connectivity index (χ1n) is 9.30. The van der Waals surface area contributed by atoms with Crippen LogP contribution in [0.15, 0.2) is 54.6 Å². The predicted molar refractivity (Wildman–Crippen MR) is 99.1 cm³/mol. The van der Waals surface area contributed by atoms with E-state index in [1.54, 1.807) is 18.2 Å². The lowest BCUT2D eigenvalue weighted by Gasteiger charge is -2.24. The molecule has 0 bridgehead atoms. The molecule has 0 aromatic heterocycles. The quantitative estimate of drug-likeness (QED) is 0.915. The largest absolute Gasteiger partial charge is 0.478 e. The highest BCUT2D eigenvalue weighted by atomic mass is 16.4. The van der Waals surface area contributed by atoms with Gasteiger partial charge in [-0.25, -0.2) is 4.79 Å². The van der Waals surface area contributed by atoms with Crippen LogP contribution < -0.4 is 0 Å². The van der Waals surface area contributed by atoms with Crippen LogP contribution in [0.4, 0.5) is 0 Å². The highest BCUT2D eigenvalue weighted by molar-refractivity contribution is 5.88. The van der Waals surface area contributed by atoms with Gasteiger partial charge in [0.15, 0.2) is 0 Å². The maximum atomic E-state index is 13.0. The second-order valence-corrected chi connectivity index (χ2v) is 7.41. The summed E-state index contributed by atoms with van der Waals surface area (Å²) in [5.41, 5.74) is 2.33. The Bertz CT molecular complexity index is 817. The van der Waals surface area contributed by atoms with Crippen molar-refractivity contribution in [3.8, 4) is 0 Å². The summed E-state index contributed by atoms with van der Waals surface area (Å²) in [6, 6.07) is 17.6. The van der Waals surface area contributed by atoms with Gasteiger partial charge in [0.25, 0.3) is 0 Å². The zero-order chi connectivity index (χ0) is 18.1. The minimum absolute atomic E-state index is 0.114. The first-order valence-corrected chi connectivity index (χ1v) is 9.30. The number of nitrogens with zero attached hydrogens (tertiary/aromatic N) is 1. The smallest absolute Gasteiger partial charge is 0.335 e. The molecule has 4 heteroatoms. The lowest BCUT2D eigenvalue weighted by atomic mass is 9.87. The molecule has 1 aliphatic carbocycles. The summed E-state index contributed by atoms with van der Waals surface area (Å²) in [7, 11) is 0. The van der Waals surface area contributed by atoms with E-state index in [-0.39, 0.29) is 17.9 Å². The fourth-order valence-electron chi connectivity index (χ4n) is 4.74. The van der Waals surface area contributed by atoms with Crippen LogP contribution in [0.25, 0.3) is 0 Å². The van der Waals surface area contributed by atoms with Crippen LogP contribution in [0, 0.1) is 5.92 Å². The molecule has 0 spiro atoms. The van der Waals surface area contributed by atoms with E-state index in [1.807, 2.05) is 12.1 Å². The van der Waals surface area contributed by atoms with Gasteiger partial charge in [-0.2, -0.15) is 0 Å². The van der Waals surface area contributed by atoms with Crippen molar-refractivity contribution < 1.29 is 14.7 Å². The van der Waals surface area contributed by atoms with Crippen LogP contribution in [0.3, 0.4) is 0 Å². The van der Waals surface area contributed by atoms with Gasteiger partial charge in [0.05, 0.1) is 12.0 Å². The number of aromatic carboxylic acids is 1. The maximum absolute atomic E-state index is 13.0. The summed E-state index contributed by atoms with van der Waals surface area (Å²) < 4.78 is 0. The lowest BCUT2D eigenvalue weighted by molar-refractivity contribution is -0.131. The molecule has 4 rings (SSSR count). The van der Waals surface area contributed by atoms with E-state index in [0.717, 1.165) is 18.5 Å². The number of fused-ring (bicyclic) bond motifs is 1. The Morgan fingerprint density at radius 2 is 1.85 bits per heavy atom. The molecule has 134 valence electrons. The van der Waals surface area contributed by atoms with E-state index < -0.39 is 5.97 Å². The fraction of sp³-hybridized carbons (Fsp3) is 0.364. The molecule has 3 atom stereocenters. The summed E-state index contributed by atoms with van der Waals surface area (Å²) in [4.78, 5) is 26.2. The first kappa shape index (κ1) is 16.8. The second kappa shape index (κ2) is 6.94. The topological polar surface area (TPSA) is 57.6 Å². The van der Waals surface area contributed by atoms with E-state index in [9.17, 15) is 9.59 Å². The standard InChI is InChI=1S/C22H23NO3/c24-21(13-15-6-4-9-17(12-15)22(25)26)23-14-19(16-7-2-1-3-8-16)18-10-5-11-20(18)23/h1-4,6-9,12,18-20H,5,10-11,13-14H2,(H,25,26). The third-order valence-electron chi connectivity index (χ3n) is 5.92. The maximum Gasteiger partial charge on any atom is 0.335 e. The summed E-state index contributed by atoms with van der Waals surface area (Å²) in [5, 5.41) is 9.14. The van der Waals surface area contributed by atoms with Crippen molar-refractivity contribution in [1.82, 2.24) is 4.90 Å². The average Bonchev–Trinajstić information content (AvgIpc) is 3.25. The monoisotopic (exact) mass is 349 g/mol. The highest BCUT2D eigenvalue weighted by Gasteiger charge is 2.46. The molecule has 1 heterocycles. The van der Waals surface area contributed by atoms with Crippen LogP contribution in [0.2, 0.25) is 0 Å². The second-order valence-electron chi connectivity index (χ2n) is 7.41. The van der Waals surface area contributed by atoms with E-state index in [2.05, 4.69) is 29.2 Å². The number of hydrogen-bond donors (Lipinski definition) is 1. The Hall–Kier alpha value is -2.62. The molecule has 1 amide bonds. The molecular formula is C22H23NO3. The molecule has 2 aromatic rings. The van der Waals surface area contributed by atoms with Gasteiger partial charge in [-0.3, -0.25) is 4.79 Å². The Balaban J connectivity index is 1.53. The fourth-order valence-corrected chi connectivity index (χ4v) is 4.74. The van der Waals surface area contributed by atoms with Gasteiger partial charge in [-0.15, -0.1) is 0 Å². The van der Waals surface area contributed by atoms with Gasteiger partial charge in [-0.05, 0) is 42.0 Å². The number of carbonyl (C=O) groups excluding carboxylic acids is 1. The number of carboxylic acids is 1. The SMILES string of the molecule is O=C(O)c1cccc(CC(=O)N2CC(c3ccccc3)C3CCCC32)c1. The van der Waals surface area contributed by atoms with Crippen LogP contribution in [0.5, 0.6) is 0 Å². The van der Waals surface area contributed by atoms with Crippen molar-refractivity contribution in [3.05, 3.63) is 71.3 Å². The lowest BCUT2D eigenvalue weighted by Crippen LogP contribution is -2.37. The summed E-state index contributed by atoms with van der Waals surface area (Å²) in [5.74, 6) is 0.119. The van der Waals surface area contributed by atoms with Crippen molar-refractivity contribution in [2.45, 2.75) is 37.6 Å². The molecular weight excluding hydrogens is 326 g/mol. The highest BCUT2D eigenvalue weighted by Crippen LogP contribution is 2.46. The average molecular weight is 349 g/mol. The number of hydrogen-bond acceptors (Lipinski definition) is 2. The Morgan fingerprint density at radius 1 is 1.04 bits per heavy atom. The molecule has 1 saturated carbocycles. The predicted octanol–water partition coefficient (Wildman–Crippen LogP) is 3.72. The molecule has 2 fully saturated rings. The minimum atomic E-state index is -0.958. The van der Waals surface area contributed by atoms with Gasteiger partial charge >= 0.3 is 5.97 Å². The number of rotatable bonds is 4. The zero-order valence-corrected chi connectivity index (χ0v) is 14.7. The molecule has 2 aromatic carbocycles. The van der Waals surface area contributed by atoms with Gasteiger partial charge in [0.2, 0.25) is 5.91 Å². The molecule has 4 nitrogen and oxygen atoms in total. The van der Waals surface area contributed by atoms with Crippen molar-refractivity contribution in [2.75, 3.05) is 6.54 Å². The number of likely N-dealkylation sites (tertiary alicyclic amines) is 1. The summed E-state index contributed by atoms with van der Waals surface area (Å²) in [6.45, 7) is 0.775. The molecule has 1 saturated heterocycles. The van der Waals surface area contributed by atoms with Crippen LogP contribution >= 0.6 is 0 Å². The third kappa shape index (κ3) is 3.12. The van der Waals surface area contributed by atoms with E-state index in [1.165, 1.54) is 18.4 Å². The molecule has 1 N–H and O–H groups in total. The molecule has 2 aliphatic rings. The Kier molecular flexibility index (Phi) is 4.49. The Morgan fingerprint density at radius 3 is 2.62 bits per heavy atom. The van der Waals surface area contributed by atoms with Crippen molar-refractivity contribution in [1.29, 1.82) is 0 Å². The van der Waals surface area contributed by atoms with E-state index >= 15 is 0 Å². The minimum Gasteiger partial charge on any atom is -0.478 e. The van der Waals surface area contributed by atoms with E-state index in [0.29, 0.717) is 17.9 Å². The normalized spacial score (nSPS) is 24.5. The van der Waals surface area contributed by atoms with Crippen molar-refractivity contribution in [3.63, 3.8) is 0 Å². The number of amides is 1. The zero-order valence-electron chi connectivity index (χ0n) is 14.7. The Labute approximate surface area is 153 Å². The van der Waals surface area contributed by atoms with Crippen LogP contribution in [-0.4, -0.2) is 34.5 Å². The van der Waals surface area contributed by atoms with Crippen molar-refractivity contribution in [2.24, 2.45) is 5.92 Å². The molecule has 3 unspecified atom stereocenters. The first-order chi connectivity index (χ1) is 12.6. The molecule has 26 heavy (non-hydrogen) atoms. The summed E-state index contributed by atoms with van der Waals surface area (Å²) in [6.07, 6.45) is 3.71. The number of benzene rings is 2. The summed E-state index contributed by atoms with van der Waals surface area (Å²) >= 11 is 0. The van der Waals surface area contributed by atoms with Crippen LogP contribution in [-0.2, 0) is 11.2 Å². The van der Waals surface area contributed by atoms with Gasteiger partial charge < -0.3 is 10.0 Å². The van der Waals surface area contributed by atoms with Gasteiger partial charge in [0.1, 0.15) is 0 Å². The van der Waals surface area contributed by atoms with Crippen LogP contribution in [0.1, 0.15) is 46.7 Å². The number of carboxylic acid groups (broad SMARTS) is 1. The van der Waals surface area contributed by atoms with Gasteiger partial charge in [0, 0.05) is 18.5 Å². The molecule has 1 aliphatic heterocycles. The molecule has 0 radical (unpaired) electrons. The number of carbonyl (C=O) groups is 2. The van der Waals surface area contributed by atoms with E-state index in [4.69, 9.17) is 5.11 Å². The van der Waals surface area contributed by atoms with Crippen molar-refractivity contribution >= 4 is 11.9 Å². The third-order valence-corrected chi connectivity index (χ3v) is 5.92. The van der Waals surface area contributed by atoms with Gasteiger partial charge in [-0.1, -0.05) is 48.9 Å².